The SMILES string of the molecule is CC(C)(C)OC(=O)N(c1cc(Cl)nc2c(C=O)cnn12)C1CC1.COC(=O)c1cccc(-c2cc(N(C(=O)OC(C)(C)C)C3CC3)n3ncc(C=O)c3n2)c1. The number of halogens is 1. The lowest BCUT2D eigenvalue weighted by atomic mass is 10.1. The van der Waals surface area contributed by atoms with Gasteiger partial charge in [-0.15, -0.1) is 0 Å². The van der Waals surface area contributed by atoms with Crippen molar-refractivity contribution in [2.45, 2.75) is 90.5 Å². The number of rotatable bonds is 8. The molecular weight excluding hydrogens is 732 g/mol. The van der Waals surface area contributed by atoms with Gasteiger partial charge in [-0.25, -0.2) is 24.4 Å². The van der Waals surface area contributed by atoms with Crippen LogP contribution in [0.3, 0.4) is 0 Å². The van der Waals surface area contributed by atoms with Gasteiger partial charge in [-0.05, 0) is 79.4 Å². The molecule has 55 heavy (non-hydrogen) atoms. The van der Waals surface area contributed by atoms with Crippen LogP contribution in [0.25, 0.3) is 22.6 Å². The first kappa shape index (κ1) is 38.8. The van der Waals surface area contributed by atoms with Gasteiger partial charge < -0.3 is 14.2 Å². The molecule has 0 aliphatic heterocycles. The summed E-state index contributed by atoms with van der Waals surface area (Å²) < 4.78 is 18.9. The molecule has 288 valence electrons. The number of hydrogen-bond acceptors (Lipinski definition) is 12. The summed E-state index contributed by atoms with van der Waals surface area (Å²) in [5.41, 5.74) is 1.42. The molecule has 2 saturated carbocycles. The number of fused-ring (bicyclic) bond motifs is 2. The smallest absolute Gasteiger partial charge is 0.416 e. The third-order valence-corrected chi connectivity index (χ3v) is 8.45. The minimum atomic E-state index is -0.674. The maximum atomic E-state index is 13.1. The molecule has 2 fully saturated rings. The first-order chi connectivity index (χ1) is 26.0. The molecule has 0 bridgehead atoms. The van der Waals surface area contributed by atoms with Crippen molar-refractivity contribution in [3.63, 3.8) is 0 Å². The van der Waals surface area contributed by atoms with Crippen LogP contribution in [0.2, 0.25) is 5.15 Å². The Morgan fingerprint density at radius 3 is 1.71 bits per heavy atom. The molecule has 0 radical (unpaired) electrons. The summed E-state index contributed by atoms with van der Waals surface area (Å²) in [4.78, 5) is 72.2. The first-order valence-electron chi connectivity index (χ1n) is 17.6. The molecule has 0 saturated heterocycles. The van der Waals surface area contributed by atoms with Crippen LogP contribution < -0.4 is 9.80 Å². The molecule has 4 heterocycles. The lowest BCUT2D eigenvalue weighted by molar-refractivity contribution is 0.0564. The zero-order valence-corrected chi connectivity index (χ0v) is 32.2. The Morgan fingerprint density at radius 1 is 0.764 bits per heavy atom. The topological polar surface area (TPSA) is 180 Å². The zero-order valence-electron chi connectivity index (χ0n) is 31.5. The Labute approximate surface area is 321 Å². The van der Waals surface area contributed by atoms with Crippen LogP contribution in [-0.2, 0) is 14.2 Å². The molecule has 17 heteroatoms. The van der Waals surface area contributed by atoms with Crippen LogP contribution in [0.1, 0.15) is 98.3 Å². The number of ether oxygens (including phenoxy) is 3. The highest BCUT2D eigenvalue weighted by Gasteiger charge is 2.40. The number of benzene rings is 1. The number of aromatic nitrogens is 6. The van der Waals surface area contributed by atoms with Gasteiger partial charge in [0.2, 0.25) is 0 Å². The van der Waals surface area contributed by atoms with Crippen molar-refractivity contribution in [2.24, 2.45) is 0 Å². The summed E-state index contributed by atoms with van der Waals surface area (Å²) in [6.45, 7) is 10.8. The van der Waals surface area contributed by atoms with E-state index in [1.54, 1.807) is 62.1 Å². The molecule has 5 aromatic rings. The van der Waals surface area contributed by atoms with Crippen molar-refractivity contribution in [2.75, 3.05) is 16.9 Å². The van der Waals surface area contributed by atoms with Crippen LogP contribution in [0.15, 0.2) is 48.8 Å². The second-order valence-corrected chi connectivity index (χ2v) is 15.5. The average molecular weight is 773 g/mol. The Balaban J connectivity index is 0.000000197. The van der Waals surface area contributed by atoms with Gasteiger partial charge in [-0.3, -0.25) is 19.4 Å². The molecule has 2 aliphatic carbocycles. The number of nitrogens with zero attached hydrogens (tertiary/aromatic N) is 8. The van der Waals surface area contributed by atoms with E-state index >= 15 is 0 Å². The normalized spacial score (nSPS) is 14.1. The van der Waals surface area contributed by atoms with E-state index in [0.29, 0.717) is 57.9 Å². The fourth-order valence-corrected chi connectivity index (χ4v) is 5.80. The monoisotopic (exact) mass is 772 g/mol. The molecule has 4 aromatic heterocycles. The van der Waals surface area contributed by atoms with Crippen LogP contribution >= 0.6 is 11.6 Å². The second-order valence-electron chi connectivity index (χ2n) is 15.1. The molecule has 0 atom stereocenters. The number of methoxy groups -OCH3 is 1. The third kappa shape index (κ3) is 8.75. The van der Waals surface area contributed by atoms with Crippen molar-refractivity contribution < 1.29 is 38.2 Å². The predicted octanol–water partition coefficient (Wildman–Crippen LogP) is 7.00. The quantitative estimate of drug-likeness (QED) is 0.0683. The van der Waals surface area contributed by atoms with E-state index in [9.17, 15) is 24.0 Å². The van der Waals surface area contributed by atoms with E-state index in [0.717, 1.165) is 25.7 Å². The van der Waals surface area contributed by atoms with E-state index in [2.05, 4.69) is 20.2 Å². The average Bonchev–Trinajstić information content (AvgIpc) is 4.05. The van der Waals surface area contributed by atoms with Gasteiger partial charge >= 0.3 is 18.2 Å². The van der Waals surface area contributed by atoms with Gasteiger partial charge in [-0.2, -0.15) is 19.2 Å². The van der Waals surface area contributed by atoms with E-state index in [1.807, 2.05) is 20.8 Å². The predicted molar refractivity (Wildman–Crippen MR) is 202 cm³/mol. The summed E-state index contributed by atoms with van der Waals surface area (Å²) in [7, 11) is 1.31. The standard InChI is InChI=1S/C23H24N4O5.C15H17ClN4O3/c1-23(2,3)32-22(30)26(17-8-9-17)19-11-18(25-20-16(13-28)12-24-27(19)20)14-6-5-7-15(10-14)21(29)31-4;1-15(2,3)23-14(22)19(10-4-5-10)12-6-11(16)18-13-9(8-21)7-17-20(12)13/h5-7,10-13,17H,8-9H2,1-4H3;6-8,10H,4-5H2,1-3H3. The fourth-order valence-electron chi connectivity index (χ4n) is 5.63. The molecule has 2 aliphatic rings. The molecule has 0 N–H and O–H groups in total. The highest BCUT2D eigenvalue weighted by atomic mass is 35.5. The van der Waals surface area contributed by atoms with E-state index in [4.69, 9.17) is 25.8 Å². The van der Waals surface area contributed by atoms with Crippen molar-refractivity contribution in [3.05, 3.63) is 70.6 Å². The number of amides is 2. The number of hydrogen-bond donors (Lipinski definition) is 0. The molecular formula is C38H41ClN8O8. The number of carbonyl (C=O) groups excluding carboxylic acids is 5. The summed E-state index contributed by atoms with van der Waals surface area (Å²) in [5.74, 6) is 0.419. The fraction of sp³-hybridized carbons (Fsp3) is 0.395. The maximum absolute atomic E-state index is 13.1. The van der Waals surface area contributed by atoms with Crippen molar-refractivity contribution in [3.8, 4) is 11.3 Å². The van der Waals surface area contributed by atoms with Crippen LogP contribution in [0.4, 0.5) is 21.2 Å². The minimum Gasteiger partial charge on any atom is -0.465 e. The van der Waals surface area contributed by atoms with Crippen molar-refractivity contribution in [1.82, 2.24) is 29.2 Å². The van der Waals surface area contributed by atoms with E-state index in [-0.39, 0.29) is 22.8 Å². The Hall–Kier alpha value is -5.90. The minimum absolute atomic E-state index is 0.0337. The van der Waals surface area contributed by atoms with Crippen molar-refractivity contribution in [1.29, 1.82) is 0 Å². The highest BCUT2D eigenvalue weighted by Crippen LogP contribution is 2.36. The van der Waals surface area contributed by atoms with E-state index < -0.39 is 29.4 Å². The van der Waals surface area contributed by atoms with Gasteiger partial charge in [0, 0.05) is 29.8 Å². The molecule has 2 amide bonds. The zero-order chi connectivity index (χ0) is 39.8. The largest absolute Gasteiger partial charge is 0.465 e. The summed E-state index contributed by atoms with van der Waals surface area (Å²) >= 11 is 6.07. The van der Waals surface area contributed by atoms with Gasteiger partial charge in [-0.1, -0.05) is 23.7 Å². The van der Waals surface area contributed by atoms with Crippen molar-refractivity contribution >= 4 is 65.3 Å². The van der Waals surface area contributed by atoms with Gasteiger partial charge in [0.05, 0.1) is 41.9 Å². The Bertz CT molecular complexity index is 2300. The Kier molecular flexibility index (Phi) is 10.6. The van der Waals surface area contributed by atoms with Gasteiger partial charge in [0.25, 0.3) is 0 Å². The molecule has 0 unspecified atom stereocenters. The van der Waals surface area contributed by atoms with Crippen LogP contribution in [0, 0.1) is 0 Å². The molecule has 16 nitrogen and oxygen atoms in total. The molecule has 7 rings (SSSR count). The summed E-state index contributed by atoms with van der Waals surface area (Å²) in [6, 6.07) is 10.1. The van der Waals surface area contributed by atoms with Gasteiger partial charge in [0.15, 0.2) is 23.9 Å². The summed E-state index contributed by atoms with van der Waals surface area (Å²) in [6.07, 6.45) is 6.59. The molecule has 0 spiro atoms. The Morgan fingerprint density at radius 2 is 1.25 bits per heavy atom. The van der Waals surface area contributed by atoms with Crippen LogP contribution in [0.5, 0.6) is 0 Å². The van der Waals surface area contributed by atoms with Gasteiger partial charge in [0.1, 0.15) is 28.0 Å². The second kappa shape index (κ2) is 15.1. The molecule has 1 aromatic carbocycles. The lowest BCUT2D eigenvalue weighted by Gasteiger charge is -2.27. The third-order valence-electron chi connectivity index (χ3n) is 8.26. The first-order valence-corrected chi connectivity index (χ1v) is 18.0. The number of anilines is 2. The summed E-state index contributed by atoms with van der Waals surface area (Å²) in [5, 5.41) is 8.63. The number of esters is 1. The lowest BCUT2D eigenvalue weighted by Crippen LogP contribution is -2.39. The number of carbonyl (C=O) groups is 5. The maximum Gasteiger partial charge on any atom is 0.416 e. The van der Waals surface area contributed by atoms with Crippen LogP contribution in [-0.4, -0.2) is 90.3 Å². The number of aldehydes is 2. The van der Waals surface area contributed by atoms with E-state index in [1.165, 1.54) is 33.4 Å². The highest BCUT2D eigenvalue weighted by molar-refractivity contribution is 6.30.